The topological polar surface area (TPSA) is 105 Å². The SMILES string of the molecule is CC(N)OC(C)OC(=O)Cc1ccc([N+](=O)[O-])cc1. The third-order valence-electron chi connectivity index (χ3n) is 2.20. The number of hydrogen-bond acceptors (Lipinski definition) is 6. The van der Waals surface area contributed by atoms with Crippen LogP contribution in [0, 0.1) is 10.1 Å². The number of nitro groups is 1. The van der Waals surface area contributed by atoms with Crippen molar-refractivity contribution in [2.45, 2.75) is 32.8 Å². The van der Waals surface area contributed by atoms with Crippen LogP contribution in [0.3, 0.4) is 0 Å². The van der Waals surface area contributed by atoms with E-state index in [1.165, 1.54) is 24.3 Å². The lowest BCUT2D eigenvalue weighted by atomic mass is 10.1. The second-order valence-corrected chi connectivity index (χ2v) is 4.00. The van der Waals surface area contributed by atoms with Gasteiger partial charge in [-0.05, 0) is 19.4 Å². The number of rotatable bonds is 6. The highest BCUT2D eigenvalue weighted by molar-refractivity contribution is 5.72. The summed E-state index contributed by atoms with van der Waals surface area (Å²) in [4.78, 5) is 21.5. The summed E-state index contributed by atoms with van der Waals surface area (Å²) in [7, 11) is 0. The van der Waals surface area contributed by atoms with Crippen LogP contribution in [-0.4, -0.2) is 23.4 Å². The van der Waals surface area contributed by atoms with Gasteiger partial charge in [0.1, 0.15) is 6.23 Å². The van der Waals surface area contributed by atoms with Gasteiger partial charge in [-0.25, -0.2) is 0 Å². The van der Waals surface area contributed by atoms with Gasteiger partial charge in [-0.15, -0.1) is 0 Å². The Morgan fingerprint density at radius 1 is 1.37 bits per heavy atom. The molecule has 1 aromatic rings. The van der Waals surface area contributed by atoms with E-state index < -0.39 is 23.4 Å². The molecule has 0 aliphatic carbocycles. The Bertz CT molecular complexity index is 444. The summed E-state index contributed by atoms with van der Waals surface area (Å²) >= 11 is 0. The van der Waals surface area contributed by atoms with Crippen LogP contribution in [-0.2, 0) is 20.7 Å². The number of nitrogens with zero attached hydrogens (tertiary/aromatic N) is 1. The van der Waals surface area contributed by atoms with Crippen LogP contribution in [0.15, 0.2) is 24.3 Å². The molecule has 0 bridgehead atoms. The Kier molecular flexibility index (Phi) is 5.40. The molecule has 0 aliphatic rings. The summed E-state index contributed by atoms with van der Waals surface area (Å²) in [6, 6.07) is 5.70. The van der Waals surface area contributed by atoms with Gasteiger partial charge in [-0.3, -0.25) is 14.9 Å². The largest absolute Gasteiger partial charge is 0.436 e. The van der Waals surface area contributed by atoms with Gasteiger partial charge >= 0.3 is 5.97 Å². The van der Waals surface area contributed by atoms with E-state index in [1.807, 2.05) is 0 Å². The maximum atomic E-state index is 11.5. The van der Waals surface area contributed by atoms with Gasteiger partial charge in [-0.1, -0.05) is 12.1 Å². The van der Waals surface area contributed by atoms with E-state index in [9.17, 15) is 14.9 Å². The molecule has 0 aromatic heterocycles. The molecule has 0 heterocycles. The molecule has 0 radical (unpaired) electrons. The molecule has 0 fully saturated rings. The van der Waals surface area contributed by atoms with Crippen LogP contribution in [0.5, 0.6) is 0 Å². The summed E-state index contributed by atoms with van der Waals surface area (Å²) < 4.78 is 10.0. The molecule has 0 aliphatic heterocycles. The number of carbonyl (C=O) groups excluding carboxylic acids is 1. The van der Waals surface area contributed by atoms with Crippen LogP contribution in [0.1, 0.15) is 19.4 Å². The molecule has 7 nitrogen and oxygen atoms in total. The van der Waals surface area contributed by atoms with Crippen molar-refractivity contribution in [1.29, 1.82) is 0 Å². The number of hydrogen-bond donors (Lipinski definition) is 1. The second kappa shape index (κ2) is 6.81. The van der Waals surface area contributed by atoms with Crippen molar-refractivity contribution in [2.75, 3.05) is 0 Å². The monoisotopic (exact) mass is 268 g/mol. The van der Waals surface area contributed by atoms with Crippen molar-refractivity contribution in [2.24, 2.45) is 5.73 Å². The van der Waals surface area contributed by atoms with Gasteiger partial charge in [-0.2, -0.15) is 0 Å². The number of non-ortho nitro benzene ring substituents is 1. The minimum atomic E-state index is -0.731. The number of benzene rings is 1. The van der Waals surface area contributed by atoms with Gasteiger partial charge in [0.15, 0.2) is 0 Å². The van der Waals surface area contributed by atoms with Crippen molar-refractivity contribution in [3.8, 4) is 0 Å². The summed E-state index contributed by atoms with van der Waals surface area (Å²) in [5.74, 6) is -0.484. The van der Waals surface area contributed by atoms with E-state index in [4.69, 9.17) is 15.2 Å². The number of nitro benzene ring substituents is 1. The first-order valence-corrected chi connectivity index (χ1v) is 5.72. The Hall–Kier alpha value is -1.99. The van der Waals surface area contributed by atoms with E-state index in [0.29, 0.717) is 5.56 Å². The summed E-state index contributed by atoms with van der Waals surface area (Å²) in [6.45, 7) is 3.19. The van der Waals surface area contributed by atoms with E-state index >= 15 is 0 Å². The average molecular weight is 268 g/mol. The maximum Gasteiger partial charge on any atom is 0.312 e. The minimum Gasteiger partial charge on any atom is -0.436 e. The molecule has 7 heteroatoms. The second-order valence-electron chi connectivity index (χ2n) is 4.00. The molecule has 2 unspecified atom stereocenters. The van der Waals surface area contributed by atoms with Crippen LogP contribution in [0.25, 0.3) is 0 Å². The lowest BCUT2D eigenvalue weighted by Gasteiger charge is -2.16. The van der Waals surface area contributed by atoms with Crippen LogP contribution < -0.4 is 5.73 Å². The molecule has 2 N–H and O–H groups in total. The normalized spacial score (nSPS) is 13.6. The van der Waals surface area contributed by atoms with E-state index in [-0.39, 0.29) is 12.1 Å². The maximum absolute atomic E-state index is 11.5. The predicted octanol–water partition coefficient (Wildman–Crippen LogP) is 1.35. The van der Waals surface area contributed by atoms with Gasteiger partial charge in [0.05, 0.1) is 11.3 Å². The highest BCUT2D eigenvalue weighted by Gasteiger charge is 2.13. The zero-order valence-electron chi connectivity index (χ0n) is 10.7. The van der Waals surface area contributed by atoms with Gasteiger partial charge in [0.2, 0.25) is 6.29 Å². The molecule has 0 spiro atoms. The highest BCUT2D eigenvalue weighted by Crippen LogP contribution is 2.13. The van der Waals surface area contributed by atoms with Crippen LogP contribution in [0.2, 0.25) is 0 Å². The van der Waals surface area contributed by atoms with E-state index in [0.717, 1.165) is 0 Å². The first-order chi connectivity index (χ1) is 8.88. The predicted molar refractivity (Wildman–Crippen MR) is 67.1 cm³/mol. The molecule has 1 aromatic carbocycles. The summed E-state index contributed by atoms with van der Waals surface area (Å²) in [6.07, 6.45) is -1.24. The van der Waals surface area contributed by atoms with Gasteiger partial charge < -0.3 is 15.2 Å². The molecule has 104 valence electrons. The number of nitrogens with two attached hydrogens (primary N) is 1. The third kappa shape index (κ3) is 5.45. The van der Waals surface area contributed by atoms with Gasteiger partial charge in [0.25, 0.3) is 5.69 Å². The van der Waals surface area contributed by atoms with E-state index in [2.05, 4.69) is 0 Å². The first kappa shape index (κ1) is 15.1. The lowest BCUT2D eigenvalue weighted by molar-refractivity contribution is -0.384. The Balaban J connectivity index is 2.50. The lowest BCUT2D eigenvalue weighted by Crippen LogP contribution is -2.28. The summed E-state index contributed by atoms with van der Waals surface area (Å²) in [5, 5.41) is 10.5. The molecule has 0 amide bonds. The number of ether oxygens (including phenoxy) is 2. The van der Waals surface area contributed by atoms with Gasteiger partial charge in [0, 0.05) is 12.1 Å². The summed E-state index contributed by atoms with van der Waals surface area (Å²) in [5.41, 5.74) is 6.00. The highest BCUT2D eigenvalue weighted by atomic mass is 16.7. The Morgan fingerprint density at radius 2 is 1.95 bits per heavy atom. The molecular weight excluding hydrogens is 252 g/mol. The standard InChI is InChI=1S/C12H16N2O5/c1-8(13)18-9(2)19-12(15)7-10-3-5-11(6-4-10)14(16)17/h3-6,8-9H,7,13H2,1-2H3. The van der Waals surface area contributed by atoms with E-state index in [1.54, 1.807) is 13.8 Å². The van der Waals surface area contributed by atoms with Crippen molar-refractivity contribution in [3.05, 3.63) is 39.9 Å². The molecule has 2 atom stereocenters. The van der Waals surface area contributed by atoms with Crippen molar-refractivity contribution < 1.29 is 19.2 Å². The minimum absolute atomic E-state index is 0.0185. The molecule has 0 saturated heterocycles. The Morgan fingerprint density at radius 3 is 2.42 bits per heavy atom. The molecule has 0 saturated carbocycles. The smallest absolute Gasteiger partial charge is 0.312 e. The van der Waals surface area contributed by atoms with Crippen LogP contribution in [0.4, 0.5) is 5.69 Å². The zero-order chi connectivity index (χ0) is 14.4. The first-order valence-electron chi connectivity index (χ1n) is 5.72. The van der Waals surface area contributed by atoms with Crippen molar-refractivity contribution in [1.82, 2.24) is 0 Å². The fourth-order valence-corrected chi connectivity index (χ4v) is 1.46. The average Bonchev–Trinajstić information content (AvgIpc) is 2.27. The molecule has 1 rings (SSSR count). The molecular formula is C12H16N2O5. The fraction of sp³-hybridized carbons (Fsp3) is 0.417. The number of carbonyl (C=O) groups is 1. The van der Waals surface area contributed by atoms with Crippen molar-refractivity contribution >= 4 is 11.7 Å². The third-order valence-corrected chi connectivity index (χ3v) is 2.20. The molecule has 19 heavy (non-hydrogen) atoms. The Labute approximate surface area is 110 Å². The fourth-order valence-electron chi connectivity index (χ4n) is 1.46. The zero-order valence-corrected chi connectivity index (χ0v) is 10.7. The van der Waals surface area contributed by atoms with Crippen molar-refractivity contribution in [3.63, 3.8) is 0 Å². The number of esters is 1. The quantitative estimate of drug-likeness (QED) is 0.361. The van der Waals surface area contributed by atoms with Crippen LogP contribution >= 0.6 is 0 Å².